The maximum atomic E-state index is 12.3. The van der Waals surface area contributed by atoms with Crippen molar-refractivity contribution in [2.24, 2.45) is 0 Å². The third-order valence-corrected chi connectivity index (χ3v) is 3.84. The number of rotatable bonds is 5. The maximum absolute atomic E-state index is 12.3. The van der Waals surface area contributed by atoms with Crippen LogP contribution < -0.4 is 10.6 Å². The van der Waals surface area contributed by atoms with Crippen LogP contribution in [0.3, 0.4) is 0 Å². The van der Waals surface area contributed by atoms with Crippen LogP contribution in [0, 0.1) is 6.92 Å². The summed E-state index contributed by atoms with van der Waals surface area (Å²) in [4.78, 5) is 20.8. The van der Waals surface area contributed by atoms with Crippen molar-refractivity contribution in [1.82, 2.24) is 15.3 Å². The van der Waals surface area contributed by atoms with E-state index in [0.29, 0.717) is 11.5 Å². The molecule has 0 saturated heterocycles. The van der Waals surface area contributed by atoms with Crippen LogP contribution in [-0.4, -0.2) is 15.9 Å². The fraction of sp³-hybridized carbons (Fsp3) is 0.150. The molecule has 3 aromatic rings. The molecular formula is C20H20N4O. The Labute approximate surface area is 147 Å². The molecule has 1 atom stereocenters. The molecule has 0 spiro atoms. The largest absolute Gasteiger partial charge is 0.345 e. The standard InChI is InChI=1S/C20H20N4O/c1-14-7-6-10-18(11-14)24-20-21-12-17(13-22-20)19(25)23-15(2)16-8-4-3-5-9-16/h3-13,15H,1-2H3,(H,23,25)(H,21,22,24). The second kappa shape index (κ2) is 7.57. The molecule has 1 unspecified atom stereocenters. The number of hydrogen-bond donors (Lipinski definition) is 2. The topological polar surface area (TPSA) is 66.9 Å². The molecule has 1 aromatic heterocycles. The minimum Gasteiger partial charge on any atom is -0.345 e. The van der Waals surface area contributed by atoms with Gasteiger partial charge in [-0.3, -0.25) is 4.79 Å². The van der Waals surface area contributed by atoms with Gasteiger partial charge in [0.1, 0.15) is 0 Å². The lowest BCUT2D eigenvalue weighted by molar-refractivity contribution is 0.0939. The molecule has 2 N–H and O–H groups in total. The van der Waals surface area contributed by atoms with Gasteiger partial charge in [0.25, 0.3) is 5.91 Å². The van der Waals surface area contributed by atoms with Crippen molar-refractivity contribution in [3.8, 4) is 0 Å². The zero-order valence-corrected chi connectivity index (χ0v) is 14.2. The molecule has 126 valence electrons. The highest BCUT2D eigenvalue weighted by Crippen LogP contribution is 2.15. The van der Waals surface area contributed by atoms with Crippen molar-refractivity contribution >= 4 is 17.5 Å². The first-order chi connectivity index (χ1) is 12.1. The first-order valence-corrected chi connectivity index (χ1v) is 8.13. The predicted molar refractivity (Wildman–Crippen MR) is 98.8 cm³/mol. The number of nitrogens with one attached hydrogen (secondary N) is 2. The maximum Gasteiger partial charge on any atom is 0.254 e. The average Bonchev–Trinajstić information content (AvgIpc) is 2.63. The van der Waals surface area contributed by atoms with Gasteiger partial charge in [-0.05, 0) is 37.1 Å². The third-order valence-electron chi connectivity index (χ3n) is 3.84. The van der Waals surface area contributed by atoms with Crippen molar-refractivity contribution in [2.45, 2.75) is 19.9 Å². The molecule has 25 heavy (non-hydrogen) atoms. The first kappa shape index (κ1) is 16.6. The van der Waals surface area contributed by atoms with E-state index in [-0.39, 0.29) is 11.9 Å². The number of benzene rings is 2. The van der Waals surface area contributed by atoms with Crippen molar-refractivity contribution in [1.29, 1.82) is 0 Å². The molecule has 3 rings (SSSR count). The molecule has 0 aliphatic rings. The molecule has 0 aliphatic carbocycles. The molecule has 0 aliphatic heterocycles. The fourth-order valence-corrected chi connectivity index (χ4v) is 2.47. The minimum absolute atomic E-state index is 0.0844. The predicted octanol–water partition coefficient (Wildman–Crippen LogP) is 4.02. The number of anilines is 2. The summed E-state index contributed by atoms with van der Waals surface area (Å²) < 4.78 is 0. The number of carbonyl (C=O) groups excluding carboxylic acids is 1. The Morgan fingerprint density at radius 2 is 1.72 bits per heavy atom. The van der Waals surface area contributed by atoms with E-state index < -0.39 is 0 Å². The Morgan fingerprint density at radius 3 is 2.40 bits per heavy atom. The van der Waals surface area contributed by atoms with Gasteiger partial charge in [0.15, 0.2) is 0 Å². The Hall–Kier alpha value is -3.21. The SMILES string of the molecule is Cc1cccc(Nc2ncc(C(=O)NC(C)c3ccccc3)cn2)c1. The summed E-state index contributed by atoms with van der Waals surface area (Å²) in [7, 11) is 0. The van der Waals surface area contributed by atoms with Gasteiger partial charge in [0.05, 0.1) is 11.6 Å². The molecule has 0 radical (unpaired) electrons. The highest BCUT2D eigenvalue weighted by Gasteiger charge is 2.12. The molecule has 0 saturated carbocycles. The van der Waals surface area contributed by atoms with Crippen molar-refractivity contribution in [3.63, 3.8) is 0 Å². The van der Waals surface area contributed by atoms with Crippen molar-refractivity contribution < 1.29 is 4.79 Å². The summed E-state index contributed by atoms with van der Waals surface area (Å²) in [5.41, 5.74) is 3.54. The number of hydrogen-bond acceptors (Lipinski definition) is 4. The highest BCUT2D eigenvalue weighted by molar-refractivity contribution is 5.93. The van der Waals surface area contributed by atoms with E-state index in [2.05, 4.69) is 20.6 Å². The second-order valence-electron chi connectivity index (χ2n) is 5.90. The monoisotopic (exact) mass is 332 g/mol. The normalized spacial score (nSPS) is 11.6. The van der Waals surface area contributed by atoms with Gasteiger partial charge in [-0.1, -0.05) is 42.5 Å². The molecule has 1 heterocycles. The average molecular weight is 332 g/mol. The number of aromatic nitrogens is 2. The first-order valence-electron chi connectivity index (χ1n) is 8.13. The summed E-state index contributed by atoms with van der Waals surface area (Å²) in [6.07, 6.45) is 3.05. The zero-order chi connectivity index (χ0) is 17.6. The number of nitrogens with zero attached hydrogens (tertiary/aromatic N) is 2. The fourth-order valence-electron chi connectivity index (χ4n) is 2.47. The minimum atomic E-state index is -0.196. The lowest BCUT2D eigenvalue weighted by Crippen LogP contribution is -2.26. The third kappa shape index (κ3) is 4.41. The van der Waals surface area contributed by atoms with Crippen LogP contribution in [0.2, 0.25) is 0 Å². The van der Waals surface area contributed by atoms with Gasteiger partial charge in [-0.2, -0.15) is 0 Å². The Morgan fingerprint density at radius 1 is 1.00 bits per heavy atom. The van der Waals surface area contributed by atoms with Crippen molar-refractivity contribution in [2.75, 3.05) is 5.32 Å². The lowest BCUT2D eigenvalue weighted by atomic mass is 10.1. The van der Waals surface area contributed by atoms with Crippen LogP contribution >= 0.6 is 0 Å². The number of amides is 1. The van der Waals surface area contributed by atoms with Crippen LogP contribution in [0.15, 0.2) is 67.0 Å². The van der Waals surface area contributed by atoms with Gasteiger partial charge >= 0.3 is 0 Å². The summed E-state index contributed by atoms with van der Waals surface area (Å²) >= 11 is 0. The summed E-state index contributed by atoms with van der Waals surface area (Å²) in [5.74, 6) is 0.261. The number of aryl methyl sites for hydroxylation is 1. The molecule has 0 bridgehead atoms. The highest BCUT2D eigenvalue weighted by atomic mass is 16.1. The summed E-state index contributed by atoms with van der Waals surface area (Å²) in [5, 5.41) is 6.07. The quantitative estimate of drug-likeness (QED) is 0.740. The molecule has 5 heteroatoms. The molecule has 1 amide bonds. The number of carbonyl (C=O) groups is 1. The van der Waals surface area contributed by atoms with Gasteiger partial charge in [0, 0.05) is 18.1 Å². The lowest BCUT2D eigenvalue weighted by Gasteiger charge is -2.14. The molecule has 2 aromatic carbocycles. The van der Waals surface area contributed by atoms with E-state index >= 15 is 0 Å². The van der Waals surface area contributed by atoms with E-state index in [0.717, 1.165) is 16.8 Å². The van der Waals surface area contributed by atoms with E-state index in [1.54, 1.807) is 0 Å². The van der Waals surface area contributed by atoms with E-state index in [9.17, 15) is 4.79 Å². The summed E-state index contributed by atoms with van der Waals surface area (Å²) in [6.45, 7) is 3.97. The van der Waals surface area contributed by atoms with Gasteiger partial charge in [-0.25, -0.2) is 9.97 Å². The van der Waals surface area contributed by atoms with Gasteiger partial charge in [0.2, 0.25) is 5.95 Å². The van der Waals surface area contributed by atoms with Crippen LogP contribution in [-0.2, 0) is 0 Å². The molecular weight excluding hydrogens is 312 g/mol. The smallest absolute Gasteiger partial charge is 0.254 e. The van der Waals surface area contributed by atoms with Crippen molar-refractivity contribution in [3.05, 3.63) is 83.7 Å². The second-order valence-corrected chi connectivity index (χ2v) is 5.90. The van der Waals surface area contributed by atoms with Gasteiger partial charge < -0.3 is 10.6 Å². The van der Waals surface area contributed by atoms with E-state index in [1.165, 1.54) is 12.4 Å². The van der Waals surface area contributed by atoms with Gasteiger partial charge in [-0.15, -0.1) is 0 Å². The zero-order valence-electron chi connectivity index (χ0n) is 14.2. The summed E-state index contributed by atoms with van der Waals surface area (Å²) in [6, 6.07) is 17.7. The van der Waals surface area contributed by atoms with Crippen LogP contribution in [0.5, 0.6) is 0 Å². The Bertz CT molecular complexity index is 847. The Balaban J connectivity index is 1.64. The molecule has 0 fully saturated rings. The van der Waals surface area contributed by atoms with Crippen LogP contribution in [0.4, 0.5) is 11.6 Å². The Kier molecular flexibility index (Phi) is 5.04. The van der Waals surface area contributed by atoms with Crippen LogP contribution in [0.25, 0.3) is 0 Å². The van der Waals surface area contributed by atoms with E-state index in [4.69, 9.17) is 0 Å². The molecule has 5 nitrogen and oxygen atoms in total. The van der Waals surface area contributed by atoms with E-state index in [1.807, 2.05) is 68.4 Å². The van der Waals surface area contributed by atoms with Crippen LogP contribution in [0.1, 0.15) is 34.5 Å².